The smallest absolute Gasteiger partial charge is 0.254 e. The summed E-state index contributed by atoms with van der Waals surface area (Å²) in [6.07, 6.45) is 0.890. The Labute approximate surface area is 125 Å². The van der Waals surface area contributed by atoms with Crippen LogP contribution in [0.5, 0.6) is 0 Å². The van der Waals surface area contributed by atoms with Crippen LogP contribution < -0.4 is 0 Å². The van der Waals surface area contributed by atoms with Crippen LogP contribution >= 0.6 is 11.6 Å². The average Bonchev–Trinajstić information content (AvgIpc) is 2.45. The number of morpholine rings is 1. The molecule has 1 aliphatic heterocycles. The maximum Gasteiger partial charge on any atom is 0.254 e. The van der Waals surface area contributed by atoms with E-state index in [1.165, 1.54) is 0 Å². The molecule has 2 rings (SSSR count). The molecule has 1 aromatic rings. The van der Waals surface area contributed by atoms with E-state index in [-0.39, 0.29) is 17.9 Å². The van der Waals surface area contributed by atoms with E-state index in [0.29, 0.717) is 30.5 Å². The van der Waals surface area contributed by atoms with Crippen LogP contribution in [-0.2, 0) is 4.74 Å². The highest BCUT2D eigenvalue weighted by Crippen LogP contribution is 2.21. The second kappa shape index (κ2) is 6.55. The fourth-order valence-electron chi connectivity index (χ4n) is 2.36. The van der Waals surface area contributed by atoms with Crippen LogP contribution in [0.2, 0.25) is 5.15 Å². The summed E-state index contributed by atoms with van der Waals surface area (Å²) < 4.78 is 5.44. The summed E-state index contributed by atoms with van der Waals surface area (Å²) in [6, 6.07) is 3.64. The number of amides is 1. The molecule has 1 aromatic heterocycles. The highest BCUT2D eigenvalue weighted by Gasteiger charge is 2.27. The Hall–Kier alpha value is -1.13. The Morgan fingerprint density at radius 2 is 2.30 bits per heavy atom. The summed E-state index contributed by atoms with van der Waals surface area (Å²) >= 11 is 6.04. The normalized spacial score (nSPS) is 19.4. The monoisotopic (exact) mass is 296 g/mol. The van der Waals surface area contributed by atoms with Crippen molar-refractivity contribution in [3.05, 3.63) is 28.5 Å². The minimum absolute atomic E-state index is 0.0198. The van der Waals surface area contributed by atoms with Crippen molar-refractivity contribution in [2.24, 2.45) is 0 Å². The first-order valence-corrected chi connectivity index (χ1v) is 7.47. The molecule has 1 atom stereocenters. The zero-order valence-electron chi connectivity index (χ0n) is 12.2. The number of hydrogen-bond acceptors (Lipinski definition) is 3. The van der Waals surface area contributed by atoms with Gasteiger partial charge in [0.2, 0.25) is 0 Å². The number of hydrogen-bond donors (Lipinski definition) is 0. The number of carbonyl (C=O) groups excluding carboxylic acids is 1. The Bertz CT molecular complexity index is 491. The Kier molecular flexibility index (Phi) is 5.00. The van der Waals surface area contributed by atoms with E-state index in [0.717, 1.165) is 12.1 Å². The first kappa shape index (κ1) is 15.3. The molecule has 1 unspecified atom stereocenters. The van der Waals surface area contributed by atoms with E-state index in [1.807, 2.05) is 24.8 Å². The van der Waals surface area contributed by atoms with Gasteiger partial charge in [-0.3, -0.25) is 4.79 Å². The third kappa shape index (κ3) is 3.30. The lowest BCUT2D eigenvalue weighted by atomic mass is 10.1. The molecule has 5 heteroatoms. The van der Waals surface area contributed by atoms with E-state index < -0.39 is 0 Å². The minimum atomic E-state index is 0.0198. The zero-order chi connectivity index (χ0) is 14.7. The van der Waals surface area contributed by atoms with Gasteiger partial charge in [-0.25, -0.2) is 4.98 Å². The van der Waals surface area contributed by atoms with E-state index in [1.54, 1.807) is 6.07 Å². The molecule has 0 N–H and O–H groups in total. The van der Waals surface area contributed by atoms with Crippen LogP contribution in [-0.4, -0.2) is 41.6 Å². The van der Waals surface area contributed by atoms with E-state index >= 15 is 0 Å². The van der Waals surface area contributed by atoms with Crippen LogP contribution in [0.1, 0.15) is 49.2 Å². The molecule has 2 heterocycles. The van der Waals surface area contributed by atoms with Crippen molar-refractivity contribution in [2.75, 3.05) is 19.8 Å². The third-order valence-electron chi connectivity index (χ3n) is 3.61. The SMILES string of the molecule is CCC1COCCN1C(=O)c1cc(Cl)nc(C(C)C)c1. The highest BCUT2D eigenvalue weighted by molar-refractivity contribution is 6.29. The van der Waals surface area contributed by atoms with E-state index in [9.17, 15) is 4.79 Å². The van der Waals surface area contributed by atoms with Crippen molar-refractivity contribution in [2.45, 2.75) is 39.2 Å². The first-order chi connectivity index (χ1) is 9.52. The third-order valence-corrected chi connectivity index (χ3v) is 3.81. The molecule has 0 aromatic carbocycles. The zero-order valence-corrected chi connectivity index (χ0v) is 13.0. The maximum absolute atomic E-state index is 12.7. The summed E-state index contributed by atoms with van der Waals surface area (Å²) in [7, 11) is 0. The summed E-state index contributed by atoms with van der Waals surface area (Å²) in [6.45, 7) is 7.98. The second-order valence-corrected chi connectivity index (χ2v) is 5.78. The molecule has 1 fully saturated rings. The summed E-state index contributed by atoms with van der Waals surface area (Å²) in [5, 5.41) is 0.376. The fourth-order valence-corrected chi connectivity index (χ4v) is 2.58. The number of pyridine rings is 1. The quantitative estimate of drug-likeness (QED) is 0.805. The predicted molar refractivity (Wildman–Crippen MR) is 79.3 cm³/mol. The van der Waals surface area contributed by atoms with Crippen molar-refractivity contribution < 1.29 is 9.53 Å². The van der Waals surface area contributed by atoms with Crippen molar-refractivity contribution >= 4 is 17.5 Å². The molecule has 1 amide bonds. The number of aromatic nitrogens is 1. The molecular weight excluding hydrogens is 276 g/mol. The molecular formula is C15H21ClN2O2. The largest absolute Gasteiger partial charge is 0.377 e. The van der Waals surface area contributed by atoms with Gasteiger partial charge in [0, 0.05) is 17.8 Å². The summed E-state index contributed by atoms with van der Waals surface area (Å²) in [4.78, 5) is 18.8. The van der Waals surface area contributed by atoms with Gasteiger partial charge in [-0.2, -0.15) is 0 Å². The molecule has 20 heavy (non-hydrogen) atoms. The molecule has 0 spiro atoms. The van der Waals surface area contributed by atoms with Crippen molar-refractivity contribution in [3.8, 4) is 0 Å². The molecule has 110 valence electrons. The summed E-state index contributed by atoms with van der Waals surface area (Å²) in [5.41, 5.74) is 1.47. The molecule has 1 aliphatic rings. The van der Waals surface area contributed by atoms with Gasteiger partial charge in [-0.1, -0.05) is 32.4 Å². The molecule has 0 radical (unpaired) electrons. The Morgan fingerprint density at radius 3 is 2.95 bits per heavy atom. The van der Waals surface area contributed by atoms with Crippen LogP contribution in [0.25, 0.3) is 0 Å². The highest BCUT2D eigenvalue weighted by atomic mass is 35.5. The fraction of sp³-hybridized carbons (Fsp3) is 0.600. The Balaban J connectivity index is 2.27. The predicted octanol–water partition coefficient (Wildman–Crippen LogP) is 3.11. The van der Waals surface area contributed by atoms with Crippen LogP contribution in [0, 0.1) is 0 Å². The summed E-state index contributed by atoms with van der Waals surface area (Å²) in [5.74, 6) is 0.262. The van der Waals surface area contributed by atoms with E-state index in [4.69, 9.17) is 16.3 Å². The number of halogens is 1. The molecule has 1 saturated heterocycles. The van der Waals surface area contributed by atoms with E-state index in [2.05, 4.69) is 11.9 Å². The van der Waals surface area contributed by atoms with Gasteiger partial charge in [0.25, 0.3) is 5.91 Å². The molecule has 0 bridgehead atoms. The van der Waals surface area contributed by atoms with Crippen molar-refractivity contribution in [3.63, 3.8) is 0 Å². The lowest BCUT2D eigenvalue weighted by molar-refractivity contribution is -0.00281. The number of ether oxygens (including phenoxy) is 1. The lowest BCUT2D eigenvalue weighted by Gasteiger charge is -2.35. The standard InChI is InChI=1S/C15H21ClN2O2/c1-4-12-9-20-6-5-18(12)15(19)11-7-13(10(2)3)17-14(16)8-11/h7-8,10,12H,4-6,9H2,1-3H3. The van der Waals surface area contributed by atoms with Gasteiger partial charge < -0.3 is 9.64 Å². The van der Waals surface area contributed by atoms with Gasteiger partial charge in [0.15, 0.2) is 0 Å². The van der Waals surface area contributed by atoms with Crippen LogP contribution in [0.4, 0.5) is 0 Å². The minimum Gasteiger partial charge on any atom is -0.377 e. The van der Waals surface area contributed by atoms with Gasteiger partial charge in [0.1, 0.15) is 5.15 Å². The van der Waals surface area contributed by atoms with Crippen LogP contribution in [0.15, 0.2) is 12.1 Å². The molecule has 4 nitrogen and oxygen atoms in total. The van der Waals surface area contributed by atoms with Crippen LogP contribution in [0.3, 0.4) is 0 Å². The number of rotatable bonds is 3. The number of nitrogens with zero attached hydrogens (tertiary/aromatic N) is 2. The van der Waals surface area contributed by atoms with Crippen molar-refractivity contribution in [1.29, 1.82) is 0 Å². The topological polar surface area (TPSA) is 42.4 Å². The van der Waals surface area contributed by atoms with Gasteiger partial charge >= 0.3 is 0 Å². The maximum atomic E-state index is 12.7. The number of carbonyl (C=O) groups is 1. The second-order valence-electron chi connectivity index (χ2n) is 5.39. The Morgan fingerprint density at radius 1 is 1.55 bits per heavy atom. The molecule has 0 saturated carbocycles. The average molecular weight is 297 g/mol. The van der Waals surface area contributed by atoms with Gasteiger partial charge in [-0.05, 0) is 24.5 Å². The van der Waals surface area contributed by atoms with Gasteiger partial charge in [-0.15, -0.1) is 0 Å². The van der Waals surface area contributed by atoms with Gasteiger partial charge in [0.05, 0.1) is 19.3 Å². The lowest BCUT2D eigenvalue weighted by Crippen LogP contribution is -2.48. The first-order valence-electron chi connectivity index (χ1n) is 7.09. The molecule has 0 aliphatic carbocycles. The van der Waals surface area contributed by atoms with Crippen molar-refractivity contribution in [1.82, 2.24) is 9.88 Å².